The second-order valence-corrected chi connectivity index (χ2v) is 9.95. The molecule has 0 spiro atoms. The summed E-state index contributed by atoms with van der Waals surface area (Å²) < 4.78 is 42.4. The van der Waals surface area contributed by atoms with Crippen LogP contribution in [0, 0.1) is 0 Å². The lowest BCUT2D eigenvalue weighted by atomic mass is 10.1. The van der Waals surface area contributed by atoms with Crippen LogP contribution in [0.4, 0.5) is 11.4 Å². The molecule has 0 aromatic heterocycles. The minimum absolute atomic E-state index is 0.0485. The number of carbonyl (C=O) groups excluding carboxylic acids is 2. The van der Waals surface area contributed by atoms with Crippen LogP contribution >= 0.6 is 0 Å². The minimum atomic E-state index is -3.78. The molecule has 3 rings (SSSR count). The van der Waals surface area contributed by atoms with Crippen molar-refractivity contribution in [3.63, 3.8) is 0 Å². The minimum Gasteiger partial charge on any atom is -0.495 e. The zero-order valence-electron chi connectivity index (χ0n) is 19.6. The van der Waals surface area contributed by atoms with E-state index < -0.39 is 28.0 Å². The zero-order chi connectivity index (χ0) is 24.9. The normalized spacial score (nSPS) is 15.0. The van der Waals surface area contributed by atoms with E-state index in [4.69, 9.17) is 14.2 Å². The number of anilines is 2. The molecule has 0 radical (unpaired) electrons. The Bertz CT molecular complexity index is 1150. The molecule has 1 aliphatic rings. The van der Waals surface area contributed by atoms with Gasteiger partial charge in [-0.3, -0.25) is 4.79 Å². The molecule has 10 nitrogen and oxygen atoms in total. The van der Waals surface area contributed by atoms with Gasteiger partial charge in [0.1, 0.15) is 5.75 Å². The van der Waals surface area contributed by atoms with E-state index >= 15 is 0 Å². The Morgan fingerprint density at radius 2 is 1.79 bits per heavy atom. The third-order valence-electron chi connectivity index (χ3n) is 5.34. The Morgan fingerprint density at radius 3 is 2.44 bits per heavy atom. The highest BCUT2D eigenvalue weighted by Crippen LogP contribution is 2.28. The number of hydrogen-bond donors (Lipinski definition) is 1. The van der Waals surface area contributed by atoms with E-state index in [0.717, 1.165) is 4.31 Å². The van der Waals surface area contributed by atoms with Gasteiger partial charge in [0.05, 0.1) is 42.2 Å². The number of sulfonamides is 1. The molecule has 0 aliphatic carbocycles. The summed E-state index contributed by atoms with van der Waals surface area (Å²) in [5, 5.41) is 2.68. The molecule has 2 aromatic carbocycles. The van der Waals surface area contributed by atoms with Crippen LogP contribution < -0.4 is 15.0 Å². The van der Waals surface area contributed by atoms with Gasteiger partial charge in [-0.05, 0) is 37.3 Å². The molecule has 0 bridgehead atoms. The van der Waals surface area contributed by atoms with Crippen molar-refractivity contribution in [2.24, 2.45) is 0 Å². The third-order valence-corrected chi connectivity index (χ3v) is 7.15. The van der Waals surface area contributed by atoms with Crippen molar-refractivity contribution in [2.45, 2.75) is 17.9 Å². The number of nitrogens with one attached hydrogen (secondary N) is 1. The number of benzene rings is 2. The molecule has 1 fully saturated rings. The number of hydrogen-bond acceptors (Lipinski definition) is 8. The monoisotopic (exact) mass is 491 g/mol. The molecule has 1 N–H and O–H groups in total. The second-order valence-electron chi connectivity index (χ2n) is 7.80. The van der Waals surface area contributed by atoms with Gasteiger partial charge in [0, 0.05) is 27.2 Å². The summed E-state index contributed by atoms with van der Waals surface area (Å²) in [4.78, 5) is 27.7. The SMILES string of the molecule is COc1ccccc1NC(=O)C(C)OC(=O)c1cc(S(=O)(=O)N(C)C)ccc1N1CCOCC1. The van der Waals surface area contributed by atoms with Crippen LogP contribution in [0.3, 0.4) is 0 Å². The average Bonchev–Trinajstić information content (AvgIpc) is 2.84. The summed E-state index contributed by atoms with van der Waals surface area (Å²) in [7, 11) is 0.518. The summed E-state index contributed by atoms with van der Waals surface area (Å²) in [5.41, 5.74) is 1.01. The highest BCUT2D eigenvalue weighted by molar-refractivity contribution is 7.89. The zero-order valence-corrected chi connectivity index (χ0v) is 20.4. The van der Waals surface area contributed by atoms with E-state index in [9.17, 15) is 18.0 Å². The molecule has 1 heterocycles. The number of amides is 1. The maximum absolute atomic E-state index is 13.2. The highest BCUT2D eigenvalue weighted by Gasteiger charge is 2.27. The fourth-order valence-electron chi connectivity index (χ4n) is 3.39. The van der Waals surface area contributed by atoms with Gasteiger partial charge in [-0.1, -0.05) is 12.1 Å². The summed E-state index contributed by atoms with van der Waals surface area (Å²) in [6.45, 7) is 3.46. The number of esters is 1. The number of rotatable bonds is 8. The molecule has 1 atom stereocenters. The number of morpholine rings is 1. The predicted molar refractivity (Wildman–Crippen MR) is 127 cm³/mol. The van der Waals surface area contributed by atoms with Crippen molar-refractivity contribution in [3.8, 4) is 5.75 Å². The van der Waals surface area contributed by atoms with E-state index in [2.05, 4.69) is 5.32 Å². The molecule has 2 aromatic rings. The maximum atomic E-state index is 13.2. The van der Waals surface area contributed by atoms with Gasteiger partial charge in [-0.25, -0.2) is 17.5 Å². The first-order chi connectivity index (χ1) is 16.1. The number of ether oxygens (including phenoxy) is 3. The van der Waals surface area contributed by atoms with Gasteiger partial charge < -0.3 is 24.4 Å². The van der Waals surface area contributed by atoms with E-state index in [0.29, 0.717) is 43.4 Å². The summed E-state index contributed by atoms with van der Waals surface area (Å²) in [5.74, 6) is -0.895. The molecule has 1 aliphatic heterocycles. The van der Waals surface area contributed by atoms with Gasteiger partial charge in [-0.15, -0.1) is 0 Å². The number of para-hydroxylation sites is 2. The van der Waals surface area contributed by atoms with E-state index in [-0.39, 0.29) is 10.5 Å². The topological polar surface area (TPSA) is 114 Å². The van der Waals surface area contributed by atoms with E-state index in [1.807, 2.05) is 4.90 Å². The molecular weight excluding hydrogens is 462 g/mol. The molecule has 1 saturated heterocycles. The molecule has 11 heteroatoms. The maximum Gasteiger partial charge on any atom is 0.341 e. The molecule has 0 saturated carbocycles. The average molecular weight is 492 g/mol. The number of nitrogens with zero attached hydrogens (tertiary/aromatic N) is 2. The third kappa shape index (κ3) is 5.66. The van der Waals surface area contributed by atoms with Crippen molar-refractivity contribution >= 4 is 33.3 Å². The summed E-state index contributed by atoms with van der Waals surface area (Å²) in [6, 6.07) is 11.2. The molecule has 184 valence electrons. The lowest BCUT2D eigenvalue weighted by Crippen LogP contribution is -2.37. The standard InChI is InChI=1S/C23H29N3O7S/c1-16(22(27)24-19-7-5-6-8-21(19)31-4)33-23(28)18-15-17(34(29,30)25(2)3)9-10-20(18)26-11-13-32-14-12-26/h5-10,15-16H,11-14H2,1-4H3,(H,24,27). The molecule has 1 amide bonds. The summed E-state index contributed by atoms with van der Waals surface area (Å²) >= 11 is 0. The van der Waals surface area contributed by atoms with Gasteiger partial charge in [-0.2, -0.15) is 0 Å². The quantitative estimate of drug-likeness (QED) is 0.558. The van der Waals surface area contributed by atoms with Gasteiger partial charge >= 0.3 is 5.97 Å². The van der Waals surface area contributed by atoms with Crippen LogP contribution in [0.5, 0.6) is 5.75 Å². The Balaban J connectivity index is 1.86. The first kappa shape index (κ1) is 25.5. The molecule has 1 unspecified atom stereocenters. The highest BCUT2D eigenvalue weighted by atomic mass is 32.2. The van der Waals surface area contributed by atoms with E-state index in [1.165, 1.54) is 40.3 Å². The first-order valence-corrected chi connectivity index (χ1v) is 12.1. The Hall–Kier alpha value is -3.15. The van der Waals surface area contributed by atoms with Gasteiger partial charge in [0.25, 0.3) is 5.91 Å². The molecule has 34 heavy (non-hydrogen) atoms. The van der Waals surface area contributed by atoms with Crippen LogP contribution in [-0.2, 0) is 24.3 Å². The number of methoxy groups -OCH3 is 1. The van der Waals surface area contributed by atoms with Crippen molar-refractivity contribution in [2.75, 3.05) is 57.7 Å². The second kappa shape index (κ2) is 10.9. The van der Waals surface area contributed by atoms with Crippen LogP contribution in [-0.4, -0.2) is 78.2 Å². The lowest BCUT2D eigenvalue weighted by Gasteiger charge is -2.30. The Morgan fingerprint density at radius 1 is 1.12 bits per heavy atom. The fourth-order valence-corrected chi connectivity index (χ4v) is 4.32. The fraction of sp³-hybridized carbons (Fsp3) is 0.391. The van der Waals surface area contributed by atoms with Crippen LogP contribution in [0.2, 0.25) is 0 Å². The predicted octanol–water partition coefficient (Wildman–Crippen LogP) is 1.97. The van der Waals surface area contributed by atoms with Crippen molar-refractivity contribution < 1.29 is 32.2 Å². The first-order valence-electron chi connectivity index (χ1n) is 10.7. The van der Waals surface area contributed by atoms with Crippen molar-refractivity contribution in [1.29, 1.82) is 0 Å². The van der Waals surface area contributed by atoms with Gasteiger partial charge in [0.15, 0.2) is 6.10 Å². The van der Waals surface area contributed by atoms with Gasteiger partial charge in [0.2, 0.25) is 10.0 Å². The van der Waals surface area contributed by atoms with E-state index in [1.54, 1.807) is 30.3 Å². The largest absolute Gasteiger partial charge is 0.495 e. The molecular formula is C23H29N3O7S. The smallest absolute Gasteiger partial charge is 0.341 e. The number of carbonyl (C=O) groups is 2. The van der Waals surface area contributed by atoms with Crippen LogP contribution in [0.1, 0.15) is 17.3 Å². The van der Waals surface area contributed by atoms with Crippen LogP contribution in [0.15, 0.2) is 47.4 Å². The van der Waals surface area contributed by atoms with Crippen molar-refractivity contribution in [1.82, 2.24) is 4.31 Å². The lowest BCUT2D eigenvalue weighted by molar-refractivity contribution is -0.123. The Labute approximate surface area is 199 Å². The van der Waals surface area contributed by atoms with Crippen LogP contribution in [0.25, 0.3) is 0 Å². The summed E-state index contributed by atoms with van der Waals surface area (Å²) in [6.07, 6.45) is -1.15. The Kier molecular flexibility index (Phi) is 8.13. The van der Waals surface area contributed by atoms with Crippen molar-refractivity contribution in [3.05, 3.63) is 48.0 Å².